The molecule has 0 unspecified atom stereocenters. The molecule has 1 spiro atoms. The normalized spacial score (nSPS) is 31.4. The average Bonchev–Trinajstić information content (AvgIpc) is 3.47. The Morgan fingerprint density at radius 1 is 1.10 bits per heavy atom. The van der Waals surface area contributed by atoms with Gasteiger partial charge < -0.3 is 5.32 Å². The van der Waals surface area contributed by atoms with E-state index in [1.807, 2.05) is 18.2 Å². The van der Waals surface area contributed by atoms with Crippen LogP contribution in [0.4, 0.5) is 11.4 Å². The summed E-state index contributed by atoms with van der Waals surface area (Å²) in [5, 5.41) is 3.56. The fraction of sp³-hybridized carbons (Fsp3) is 0.375. The molecule has 1 N–H and O–H groups in total. The van der Waals surface area contributed by atoms with Gasteiger partial charge in [0, 0.05) is 22.3 Å². The molecule has 2 aromatic rings. The lowest BCUT2D eigenvalue weighted by atomic mass is 9.75. The number of carbonyl (C=O) groups excluding carboxylic acids is 3. The van der Waals surface area contributed by atoms with Gasteiger partial charge in [-0.1, -0.05) is 30.7 Å². The Morgan fingerprint density at radius 3 is 2.61 bits per heavy atom. The monoisotopic (exact) mass is 435 g/mol. The number of anilines is 2. The number of fused-ring (bicyclic) bond motifs is 7. The smallest absolute Gasteiger partial charge is 0.250 e. The van der Waals surface area contributed by atoms with Crippen LogP contribution in [0.5, 0.6) is 0 Å². The third-order valence-electron chi connectivity index (χ3n) is 7.55. The van der Waals surface area contributed by atoms with Gasteiger partial charge in [0.25, 0.3) is 0 Å². The van der Waals surface area contributed by atoms with Gasteiger partial charge in [-0.25, -0.2) is 4.90 Å². The summed E-state index contributed by atoms with van der Waals surface area (Å²) in [7, 11) is 0. The first-order valence-electron chi connectivity index (χ1n) is 10.8. The van der Waals surface area contributed by atoms with Gasteiger partial charge in [0.05, 0.1) is 17.5 Å². The number of aryl methyl sites for hydroxylation is 1. The van der Waals surface area contributed by atoms with Crippen LogP contribution in [0.15, 0.2) is 42.5 Å². The number of hydrogen-bond acceptors (Lipinski definition) is 4. The summed E-state index contributed by atoms with van der Waals surface area (Å²) in [6.45, 7) is 2.78. The lowest BCUT2D eigenvalue weighted by molar-refractivity contribution is -0.135. The highest BCUT2D eigenvalue weighted by Crippen LogP contribution is 2.60. The van der Waals surface area contributed by atoms with E-state index in [0.29, 0.717) is 17.3 Å². The van der Waals surface area contributed by atoms with Crippen LogP contribution in [0, 0.1) is 11.8 Å². The van der Waals surface area contributed by atoms with E-state index in [0.717, 1.165) is 36.1 Å². The van der Waals surface area contributed by atoms with E-state index in [9.17, 15) is 14.4 Å². The molecule has 0 aromatic heterocycles. The molecular weight excluding hydrogens is 414 g/mol. The first kappa shape index (κ1) is 19.0. The van der Waals surface area contributed by atoms with Crippen molar-refractivity contribution < 1.29 is 14.4 Å². The summed E-state index contributed by atoms with van der Waals surface area (Å²) in [6.07, 6.45) is 2.56. The van der Waals surface area contributed by atoms with Crippen LogP contribution in [0.25, 0.3) is 0 Å². The standard InChI is InChI=1S/C24H22ClN3O3/c1-2-13-5-10-17-16(12-13)24(23(31)26-17)20-19(18-4-3-11-27(18)24)21(29)28(22(20)30)15-8-6-14(25)7-9-15/h5-10,12,18-20H,2-4,11H2,1H3,(H,26,31)/t18-,19-,20-,24+/m0/s1. The van der Waals surface area contributed by atoms with E-state index >= 15 is 0 Å². The molecule has 6 nitrogen and oxygen atoms in total. The SMILES string of the molecule is CCc1ccc2c(c1)[C@]1(C(=O)N2)[C@@H]2C(=O)N(c3ccc(Cl)cc3)C(=O)[C@H]2[C@@H]2CCCN21. The molecule has 2 aromatic carbocycles. The van der Waals surface area contributed by atoms with Crippen LogP contribution >= 0.6 is 11.6 Å². The summed E-state index contributed by atoms with van der Waals surface area (Å²) in [5.41, 5.74) is 2.09. The van der Waals surface area contributed by atoms with Crippen molar-refractivity contribution >= 4 is 40.7 Å². The number of amides is 3. The van der Waals surface area contributed by atoms with Gasteiger partial charge in [-0.2, -0.15) is 0 Å². The summed E-state index contributed by atoms with van der Waals surface area (Å²) in [4.78, 5) is 44.5. The van der Waals surface area contributed by atoms with Crippen molar-refractivity contribution in [2.75, 3.05) is 16.8 Å². The highest BCUT2D eigenvalue weighted by Gasteiger charge is 2.74. The molecule has 4 aliphatic heterocycles. The number of benzene rings is 2. The summed E-state index contributed by atoms with van der Waals surface area (Å²) >= 11 is 6.01. The Bertz CT molecular complexity index is 1150. The minimum absolute atomic E-state index is 0.110. The zero-order valence-electron chi connectivity index (χ0n) is 17.1. The summed E-state index contributed by atoms with van der Waals surface area (Å²) in [6, 6.07) is 12.6. The number of nitrogens with zero attached hydrogens (tertiary/aromatic N) is 2. The fourth-order valence-corrected chi connectivity index (χ4v) is 6.44. The lowest BCUT2D eigenvalue weighted by Crippen LogP contribution is -2.54. The van der Waals surface area contributed by atoms with E-state index in [1.54, 1.807) is 24.3 Å². The molecule has 0 radical (unpaired) electrons. The maximum atomic E-state index is 13.9. The molecule has 3 amide bonds. The largest absolute Gasteiger partial charge is 0.324 e. The summed E-state index contributed by atoms with van der Waals surface area (Å²) < 4.78 is 0. The van der Waals surface area contributed by atoms with E-state index in [4.69, 9.17) is 11.6 Å². The van der Waals surface area contributed by atoms with Crippen LogP contribution in [0.1, 0.15) is 30.9 Å². The van der Waals surface area contributed by atoms with E-state index in [-0.39, 0.29) is 23.8 Å². The molecule has 4 atom stereocenters. The second-order valence-corrected chi connectivity index (χ2v) is 9.29. The second-order valence-electron chi connectivity index (χ2n) is 8.85. The molecule has 31 heavy (non-hydrogen) atoms. The van der Waals surface area contributed by atoms with Gasteiger partial charge in [-0.3, -0.25) is 19.3 Å². The molecule has 0 saturated carbocycles. The predicted molar refractivity (Wildman–Crippen MR) is 117 cm³/mol. The zero-order chi connectivity index (χ0) is 21.5. The number of imide groups is 1. The van der Waals surface area contributed by atoms with Gasteiger partial charge in [-0.15, -0.1) is 0 Å². The minimum atomic E-state index is -1.12. The van der Waals surface area contributed by atoms with Crippen molar-refractivity contribution in [1.29, 1.82) is 0 Å². The van der Waals surface area contributed by atoms with Crippen LogP contribution in [-0.2, 0) is 26.3 Å². The van der Waals surface area contributed by atoms with E-state index in [2.05, 4.69) is 17.1 Å². The molecule has 4 heterocycles. The summed E-state index contributed by atoms with van der Waals surface area (Å²) in [5.74, 6) is -1.94. The van der Waals surface area contributed by atoms with Crippen molar-refractivity contribution in [3.05, 3.63) is 58.6 Å². The maximum absolute atomic E-state index is 13.9. The minimum Gasteiger partial charge on any atom is -0.324 e. The highest BCUT2D eigenvalue weighted by atomic mass is 35.5. The highest BCUT2D eigenvalue weighted by molar-refractivity contribution is 6.31. The first-order chi connectivity index (χ1) is 15.0. The topological polar surface area (TPSA) is 69.7 Å². The predicted octanol–water partition coefficient (Wildman–Crippen LogP) is 3.33. The molecule has 4 aliphatic rings. The number of hydrogen-bond donors (Lipinski definition) is 1. The first-order valence-corrected chi connectivity index (χ1v) is 11.2. The van der Waals surface area contributed by atoms with Crippen LogP contribution in [0.2, 0.25) is 5.02 Å². The van der Waals surface area contributed by atoms with Crippen molar-refractivity contribution in [1.82, 2.24) is 4.90 Å². The van der Waals surface area contributed by atoms with Gasteiger partial charge in [0.15, 0.2) is 0 Å². The average molecular weight is 436 g/mol. The van der Waals surface area contributed by atoms with Crippen molar-refractivity contribution in [3.63, 3.8) is 0 Å². The molecule has 3 fully saturated rings. The molecule has 0 bridgehead atoms. The van der Waals surface area contributed by atoms with Gasteiger partial charge >= 0.3 is 0 Å². The Morgan fingerprint density at radius 2 is 1.87 bits per heavy atom. The van der Waals surface area contributed by atoms with E-state index < -0.39 is 17.4 Å². The molecule has 0 aliphatic carbocycles. The molecule has 6 rings (SSSR count). The van der Waals surface area contributed by atoms with Gasteiger partial charge in [0.1, 0.15) is 5.54 Å². The fourth-order valence-electron chi connectivity index (χ4n) is 6.31. The molecule has 3 saturated heterocycles. The van der Waals surface area contributed by atoms with Crippen LogP contribution in [-0.4, -0.2) is 35.2 Å². The molecular formula is C24H22ClN3O3. The number of nitrogens with one attached hydrogen (secondary N) is 1. The van der Waals surface area contributed by atoms with E-state index in [1.165, 1.54) is 4.90 Å². The third kappa shape index (κ3) is 2.24. The van der Waals surface area contributed by atoms with Crippen LogP contribution in [0.3, 0.4) is 0 Å². The van der Waals surface area contributed by atoms with Crippen LogP contribution < -0.4 is 10.2 Å². The molecule has 158 valence electrons. The molecule has 7 heteroatoms. The maximum Gasteiger partial charge on any atom is 0.250 e. The lowest BCUT2D eigenvalue weighted by Gasteiger charge is -2.36. The zero-order valence-corrected chi connectivity index (χ0v) is 17.9. The van der Waals surface area contributed by atoms with Gasteiger partial charge in [-0.05, 0) is 61.7 Å². The van der Waals surface area contributed by atoms with Gasteiger partial charge in [0.2, 0.25) is 17.7 Å². The Kier molecular flexibility index (Phi) is 3.93. The number of halogens is 1. The number of rotatable bonds is 2. The Labute approximate surface area is 185 Å². The van der Waals surface area contributed by atoms with Crippen molar-refractivity contribution in [2.24, 2.45) is 11.8 Å². The number of carbonyl (C=O) groups is 3. The quantitative estimate of drug-likeness (QED) is 0.734. The Hall–Kier alpha value is -2.70. The third-order valence-corrected chi connectivity index (χ3v) is 7.80. The Balaban J connectivity index is 1.55. The second kappa shape index (κ2) is 6.40. The van der Waals surface area contributed by atoms with Crippen molar-refractivity contribution in [3.8, 4) is 0 Å². The van der Waals surface area contributed by atoms with Crippen molar-refractivity contribution in [2.45, 2.75) is 37.8 Å².